The van der Waals surface area contributed by atoms with E-state index < -0.39 is 12.0 Å². The molecular weight excluding hydrogens is 250 g/mol. The van der Waals surface area contributed by atoms with Gasteiger partial charge in [-0.15, -0.1) is 0 Å². The minimum Gasteiger partial charge on any atom is -0.476 e. The largest absolute Gasteiger partial charge is 0.476 e. The van der Waals surface area contributed by atoms with Crippen molar-refractivity contribution in [1.82, 2.24) is 10.3 Å². The maximum absolute atomic E-state index is 11.7. The van der Waals surface area contributed by atoms with Crippen LogP contribution in [-0.2, 0) is 4.74 Å². The second-order valence-corrected chi connectivity index (χ2v) is 3.86. The molecule has 0 aromatic carbocycles. The first-order valence-corrected chi connectivity index (χ1v) is 5.88. The Balaban J connectivity index is 2.60. The lowest BCUT2D eigenvalue weighted by Gasteiger charge is -2.14. The zero-order chi connectivity index (χ0) is 14.3. The molecule has 0 spiro atoms. The predicted molar refractivity (Wildman–Crippen MR) is 69.3 cm³/mol. The number of ether oxygens (including phenoxy) is 1. The van der Waals surface area contributed by atoms with Gasteiger partial charge in [-0.1, -0.05) is 0 Å². The van der Waals surface area contributed by atoms with Crippen molar-refractivity contribution >= 4 is 17.7 Å². The van der Waals surface area contributed by atoms with E-state index in [4.69, 9.17) is 9.84 Å². The summed E-state index contributed by atoms with van der Waals surface area (Å²) in [5.74, 6) is -1.20. The summed E-state index contributed by atoms with van der Waals surface area (Å²) in [6.07, 6.45) is 1.35. The van der Waals surface area contributed by atoms with Gasteiger partial charge in [0.1, 0.15) is 0 Å². The number of carboxylic acids is 1. The first-order valence-electron chi connectivity index (χ1n) is 5.88. The summed E-state index contributed by atoms with van der Waals surface area (Å²) >= 11 is 0. The van der Waals surface area contributed by atoms with Crippen molar-refractivity contribution in [2.75, 3.05) is 18.5 Å². The molecule has 0 saturated carbocycles. The standard InChI is InChI=1S/C12H17N3O4/c1-3-19-7-8(2)14-12(18)15-9-5-4-6-13-10(9)11(16)17/h4-6,8H,3,7H2,1-2H3,(H,16,17)(H2,14,15,18). The van der Waals surface area contributed by atoms with Gasteiger partial charge < -0.3 is 20.5 Å². The van der Waals surface area contributed by atoms with Crippen molar-refractivity contribution in [3.63, 3.8) is 0 Å². The lowest BCUT2D eigenvalue weighted by Crippen LogP contribution is -2.39. The molecule has 1 unspecified atom stereocenters. The van der Waals surface area contributed by atoms with Gasteiger partial charge in [0.2, 0.25) is 0 Å². The summed E-state index contributed by atoms with van der Waals surface area (Å²) in [4.78, 5) is 26.3. The molecule has 1 aromatic rings. The van der Waals surface area contributed by atoms with Crippen LogP contribution in [0.5, 0.6) is 0 Å². The van der Waals surface area contributed by atoms with Crippen LogP contribution in [0.3, 0.4) is 0 Å². The Morgan fingerprint density at radius 1 is 1.53 bits per heavy atom. The molecule has 1 aromatic heterocycles. The summed E-state index contributed by atoms with van der Waals surface area (Å²) in [6, 6.07) is 2.35. The van der Waals surface area contributed by atoms with Gasteiger partial charge in [-0.05, 0) is 26.0 Å². The van der Waals surface area contributed by atoms with Gasteiger partial charge >= 0.3 is 12.0 Å². The number of anilines is 1. The van der Waals surface area contributed by atoms with E-state index >= 15 is 0 Å². The molecule has 0 bridgehead atoms. The second-order valence-electron chi connectivity index (χ2n) is 3.86. The first-order chi connectivity index (χ1) is 9.04. The van der Waals surface area contributed by atoms with Crippen LogP contribution < -0.4 is 10.6 Å². The maximum Gasteiger partial charge on any atom is 0.356 e. The van der Waals surface area contributed by atoms with Crippen molar-refractivity contribution in [1.29, 1.82) is 0 Å². The van der Waals surface area contributed by atoms with Crippen LogP contribution in [0.25, 0.3) is 0 Å². The number of amides is 2. The number of nitrogens with zero attached hydrogens (tertiary/aromatic N) is 1. The molecule has 1 rings (SSSR count). The van der Waals surface area contributed by atoms with Gasteiger partial charge in [-0.3, -0.25) is 0 Å². The molecule has 7 heteroatoms. The van der Waals surface area contributed by atoms with Gasteiger partial charge in [0, 0.05) is 12.8 Å². The molecule has 7 nitrogen and oxygen atoms in total. The highest BCUT2D eigenvalue weighted by Crippen LogP contribution is 2.11. The number of hydrogen-bond acceptors (Lipinski definition) is 4. The Morgan fingerprint density at radius 3 is 2.89 bits per heavy atom. The molecule has 19 heavy (non-hydrogen) atoms. The third-order valence-corrected chi connectivity index (χ3v) is 2.21. The van der Waals surface area contributed by atoms with Crippen LogP contribution in [0.2, 0.25) is 0 Å². The second kappa shape index (κ2) is 7.32. The molecule has 0 aliphatic rings. The molecule has 0 fully saturated rings. The summed E-state index contributed by atoms with van der Waals surface area (Å²) in [7, 11) is 0. The number of carbonyl (C=O) groups is 2. The molecule has 0 aliphatic heterocycles. The van der Waals surface area contributed by atoms with Crippen LogP contribution in [0.4, 0.5) is 10.5 Å². The molecule has 0 aliphatic carbocycles. The van der Waals surface area contributed by atoms with Crippen molar-refractivity contribution in [2.45, 2.75) is 19.9 Å². The molecule has 3 N–H and O–H groups in total. The summed E-state index contributed by atoms with van der Waals surface area (Å²) < 4.78 is 5.16. The fraction of sp³-hybridized carbons (Fsp3) is 0.417. The van der Waals surface area contributed by atoms with Gasteiger partial charge in [-0.25, -0.2) is 14.6 Å². The van der Waals surface area contributed by atoms with E-state index in [9.17, 15) is 9.59 Å². The summed E-state index contributed by atoms with van der Waals surface area (Å²) in [6.45, 7) is 4.61. The average Bonchev–Trinajstić information content (AvgIpc) is 2.36. The van der Waals surface area contributed by atoms with Crippen LogP contribution >= 0.6 is 0 Å². The zero-order valence-corrected chi connectivity index (χ0v) is 10.8. The Kier molecular flexibility index (Phi) is 5.74. The maximum atomic E-state index is 11.7. The number of pyridine rings is 1. The highest BCUT2D eigenvalue weighted by Gasteiger charge is 2.14. The van der Waals surface area contributed by atoms with Crippen LogP contribution in [-0.4, -0.2) is 41.3 Å². The Morgan fingerprint density at radius 2 is 2.26 bits per heavy atom. The summed E-state index contributed by atoms with van der Waals surface area (Å²) in [5, 5.41) is 14.0. The lowest BCUT2D eigenvalue weighted by molar-refractivity contribution is 0.0691. The Hall–Kier alpha value is -2.15. The molecule has 1 atom stereocenters. The van der Waals surface area contributed by atoms with Crippen LogP contribution in [0.15, 0.2) is 18.3 Å². The van der Waals surface area contributed by atoms with Gasteiger partial charge in [0.25, 0.3) is 0 Å². The van der Waals surface area contributed by atoms with E-state index in [1.54, 1.807) is 13.0 Å². The van der Waals surface area contributed by atoms with Gasteiger partial charge in [-0.2, -0.15) is 0 Å². The fourth-order valence-corrected chi connectivity index (χ4v) is 1.40. The van der Waals surface area contributed by atoms with E-state index in [-0.39, 0.29) is 17.4 Å². The van der Waals surface area contributed by atoms with Crippen molar-refractivity contribution < 1.29 is 19.4 Å². The van der Waals surface area contributed by atoms with Crippen molar-refractivity contribution in [2.24, 2.45) is 0 Å². The number of aromatic carboxylic acids is 1. The molecule has 0 saturated heterocycles. The highest BCUT2D eigenvalue weighted by molar-refractivity contribution is 5.98. The van der Waals surface area contributed by atoms with Crippen LogP contribution in [0, 0.1) is 0 Å². The molecule has 0 radical (unpaired) electrons. The number of hydrogen-bond donors (Lipinski definition) is 3. The summed E-state index contributed by atoms with van der Waals surface area (Å²) in [5.41, 5.74) is -0.0498. The topological polar surface area (TPSA) is 101 Å². The van der Waals surface area contributed by atoms with E-state index in [1.807, 2.05) is 6.92 Å². The van der Waals surface area contributed by atoms with Crippen LogP contribution in [0.1, 0.15) is 24.3 Å². The Labute approximate surface area is 111 Å². The lowest BCUT2D eigenvalue weighted by atomic mass is 10.3. The number of nitrogens with one attached hydrogen (secondary N) is 2. The normalized spacial score (nSPS) is 11.7. The average molecular weight is 267 g/mol. The van der Waals surface area contributed by atoms with E-state index in [1.165, 1.54) is 12.3 Å². The number of rotatable bonds is 6. The molecular formula is C12H17N3O4. The number of urea groups is 1. The minimum absolute atomic E-state index is 0.149. The van der Waals surface area contributed by atoms with Gasteiger partial charge in [0.15, 0.2) is 5.69 Å². The number of carboxylic acid groups (broad SMARTS) is 1. The van der Waals surface area contributed by atoms with E-state index in [2.05, 4.69) is 15.6 Å². The number of aromatic nitrogens is 1. The zero-order valence-electron chi connectivity index (χ0n) is 10.8. The third-order valence-electron chi connectivity index (χ3n) is 2.21. The monoisotopic (exact) mass is 267 g/mol. The fourth-order valence-electron chi connectivity index (χ4n) is 1.40. The molecule has 2 amide bonds. The first kappa shape index (κ1) is 14.9. The highest BCUT2D eigenvalue weighted by atomic mass is 16.5. The van der Waals surface area contributed by atoms with E-state index in [0.29, 0.717) is 13.2 Å². The number of carbonyl (C=O) groups excluding carboxylic acids is 1. The molecule has 1 heterocycles. The Bertz CT molecular complexity index is 450. The minimum atomic E-state index is -1.20. The SMILES string of the molecule is CCOCC(C)NC(=O)Nc1cccnc1C(=O)O. The van der Waals surface area contributed by atoms with Gasteiger partial charge in [0.05, 0.1) is 18.3 Å². The van der Waals surface area contributed by atoms with Crippen molar-refractivity contribution in [3.8, 4) is 0 Å². The van der Waals surface area contributed by atoms with Crippen molar-refractivity contribution in [3.05, 3.63) is 24.0 Å². The quantitative estimate of drug-likeness (QED) is 0.721. The van der Waals surface area contributed by atoms with E-state index in [0.717, 1.165) is 0 Å². The predicted octanol–water partition coefficient (Wildman–Crippen LogP) is 1.33. The smallest absolute Gasteiger partial charge is 0.356 e. The molecule has 104 valence electrons. The third kappa shape index (κ3) is 4.92.